The van der Waals surface area contributed by atoms with Crippen molar-refractivity contribution in [2.45, 2.75) is 25.4 Å². The van der Waals surface area contributed by atoms with E-state index in [2.05, 4.69) is 53.7 Å². The van der Waals surface area contributed by atoms with Crippen LogP contribution in [-0.2, 0) is 6.54 Å². The van der Waals surface area contributed by atoms with Crippen molar-refractivity contribution in [1.29, 1.82) is 0 Å². The molecule has 0 radical (unpaired) electrons. The fraction of sp³-hybridized carbons (Fsp3) is 0.444. The van der Waals surface area contributed by atoms with Crippen LogP contribution < -0.4 is 10.1 Å². The highest BCUT2D eigenvalue weighted by Crippen LogP contribution is 2.28. The quantitative estimate of drug-likeness (QED) is 0.791. The van der Waals surface area contributed by atoms with Gasteiger partial charge in [0.2, 0.25) is 0 Å². The van der Waals surface area contributed by atoms with Crippen molar-refractivity contribution in [1.82, 2.24) is 10.2 Å². The highest BCUT2D eigenvalue weighted by Gasteiger charge is 2.25. The number of methoxy groups -OCH3 is 1. The molecule has 0 aromatic heterocycles. The van der Waals surface area contributed by atoms with Gasteiger partial charge in [-0.05, 0) is 36.9 Å². The van der Waals surface area contributed by atoms with E-state index in [9.17, 15) is 0 Å². The molecule has 1 aliphatic rings. The zero-order chi connectivity index (χ0) is 14.7. The summed E-state index contributed by atoms with van der Waals surface area (Å²) in [5.74, 6) is 0.947. The van der Waals surface area contributed by atoms with Crippen LogP contribution >= 0.6 is 0 Å². The molecule has 2 aromatic carbocycles. The molecule has 0 aliphatic heterocycles. The normalized spacial score (nSPS) is 14.8. The summed E-state index contributed by atoms with van der Waals surface area (Å²) in [6.45, 7) is 3.06. The zero-order valence-electron chi connectivity index (χ0n) is 12.9. The SMILES string of the molecule is COc1ccc(CNCCN(C)C2CC2)c2ccccc12. The molecule has 3 nitrogen and oxygen atoms in total. The first-order valence-electron chi connectivity index (χ1n) is 7.75. The first-order valence-corrected chi connectivity index (χ1v) is 7.75. The molecule has 2 aromatic rings. The second kappa shape index (κ2) is 6.46. The number of nitrogens with one attached hydrogen (secondary N) is 1. The monoisotopic (exact) mass is 284 g/mol. The van der Waals surface area contributed by atoms with E-state index in [0.29, 0.717) is 0 Å². The molecule has 1 saturated carbocycles. The molecule has 3 rings (SSSR count). The van der Waals surface area contributed by atoms with Gasteiger partial charge >= 0.3 is 0 Å². The Bertz CT molecular complexity index is 607. The Kier molecular flexibility index (Phi) is 4.42. The van der Waals surface area contributed by atoms with Gasteiger partial charge in [0.1, 0.15) is 5.75 Å². The summed E-state index contributed by atoms with van der Waals surface area (Å²) in [5.41, 5.74) is 1.33. The minimum absolute atomic E-state index is 0.841. The summed E-state index contributed by atoms with van der Waals surface area (Å²) in [4.78, 5) is 2.46. The van der Waals surface area contributed by atoms with Crippen LogP contribution in [0.2, 0.25) is 0 Å². The predicted molar refractivity (Wildman–Crippen MR) is 87.9 cm³/mol. The van der Waals surface area contributed by atoms with Crippen molar-refractivity contribution in [3.8, 4) is 5.75 Å². The maximum absolute atomic E-state index is 5.45. The lowest BCUT2D eigenvalue weighted by Crippen LogP contribution is -2.30. The molecule has 21 heavy (non-hydrogen) atoms. The standard InChI is InChI=1S/C18H24N2O/c1-20(15-8-9-15)12-11-19-13-14-7-10-18(21-2)17-6-4-3-5-16(14)17/h3-7,10,15,19H,8-9,11-13H2,1-2H3. The Morgan fingerprint density at radius 1 is 1.14 bits per heavy atom. The van der Waals surface area contributed by atoms with Gasteiger partial charge in [-0.3, -0.25) is 0 Å². The zero-order valence-corrected chi connectivity index (χ0v) is 12.9. The van der Waals surface area contributed by atoms with Crippen LogP contribution in [0.1, 0.15) is 18.4 Å². The van der Waals surface area contributed by atoms with Crippen molar-refractivity contribution >= 4 is 10.8 Å². The molecule has 0 bridgehead atoms. The molecule has 1 aliphatic carbocycles. The summed E-state index contributed by atoms with van der Waals surface area (Å²) < 4.78 is 5.45. The fourth-order valence-electron chi connectivity index (χ4n) is 2.84. The number of rotatable bonds is 7. The number of benzene rings is 2. The highest BCUT2D eigenvalue weighted by atomic mass is 16.5. The van der Waals surface area contributed by atoms with Crippen molar-refractivity contribution in [3.63, 3.8) is 0 Å². The number of nitrogens with zero attached hydrogens (tertiary/aromatic N) is 1. The van der Waals surface area contributed by atoms with E-state index in [0.717, 1.165) is 31.4 Å². The van der Waals surface area contributed by atoms with E-state index < -0.39 is 0 Å². The van der Waals surface area contributed by atoms with E-state index in [-0.39, 0.29) is 0 Å². The van der Waals surface area contributed by atoms with Crippen molar-refractivity contribution < 1.29 is 4.74 Å². The minimum atomic E-state index is 0.841. The first kappa shape index (κ1) is 14.4. The van der Waals surface area contributed by atoms with Crippen molar-refractivity contribution in [2.24, 2.45) is 0 Å². The molecule has 3 heteroatoms. The third-order valence-electron chi connectivity index (χ3n) is 4.32. The number of hydrogen-bond donors (Lipinski definition) is 1. The van der Waals surface area contributed by atoms with Crippen LogP contribution in [0.3, 0.4) is 0 Å². The molecule has 0 unspecified atom stereocenters. The summed E-state index contributed by atoms with van der Waals surface area (Å²) in [7, 11) is 3.95. The average Bonchev–Trinajstić information content (AvgIpc) is 3.36. The van der Waals surface area contributed by atoms with Gasteiger partial charge in [-0.25, -0.2) is 0 Å². The van der Waals surface area contributed by atoms with Crippen molar-refractivity contribution in [3.05, 3.63) is 42.0 Å². The lowest BCUT2D eigenvalue weighted by atomic mass is 10.0. The van der Waals surface area contributed by atoms with E-state index in [4.69, 9.17) is 4.74 Å². The molecule has 1 N–H and O–H groups in total. The summed E-state index contributed by atoms with van der Waals surface area (Å²) in [5, 5.41) is 6.03. The van der Waals surface area contributed by atoms with Gasteiger partial charge in [0.05, 0.1) is 7.11 Å². The molecule has 112 valence electrons. The third kappa shape index (κ3) is 3.36. The van der Waals surface area contributed by atoms with E-state index in [1.165, 1.54) is 29.2 Å². The maximum atomic E-state index is 5.45. The van der Waals surface area contributed by atoms with E-state index in [1.54, 1.807) is 7.11 Å². The lowest BCUT2D eigenvalue weighted by molar-refractivity contribution is 0.321. The molecular weight excluding hydrogens is 260 g/mol. The summed E-state index contributed by atoms with van der Waals surface area (Å²) in [6.07, 6.45) is 2.75. The highest BCUT2D eigenvalue weighted by molar-refractivity contribution is 5.91. The van der Waals surface area contributed by atoms with Crippen LogP contribution in [0.4, 0.5) is 0 Å². The second-order valence-electron chi connectivity index (χ2n) is 5.86. The van der Waals surface area contributed by atoms with Crippen LogP contribution in [0.15, 0.2) is 36.4 Å². The Morgan fingerprint density at radius 3 is 2.62 bits per heavy atom. The Hall–Kier alpha value is -1.58. The van der Waals surface area contributed by atoms with Gasteiger partial charge in [0.25, 0.3) is 0 Å². The van der Waals surface area contributed by atoms with Crippen LogP contribution in [0.25, 0.3) is 10.8 Å². The van der Waals surface area contributed by atoms with Gasteiger partial charge in [0, 0.05) is 31.1 Å². The third-order valence-corrected chi connectivity index (χ3v) is 4.32. The van der Waals surface area contributed by atoms with Crippen LogP contribution in [0.5, 0.6) is 5.75 Å². The number of likely N-dealkylation sites (N-methyl/N-ethyl adjacent to an activating group) is 1. The summed E-state index contributed by atoms with van der Waals surface area (Å²) >= 11 is 0. The average molecular weight is 284 g/mol. The van der Waals surface area contributed by atoms with E-state index >= 15 is 0 Å². The molecular formula is C18H24N2O. The Balaban J connectivity index is 1.63. The Morgan fingerprint density at radius 2 is 1.90 bits per heavy atom. The maximum Gasteiger partial charge on any atom is 0.126 e. The molecule has 0 amide bonds. The smallest absolute Gasteiger partial charge is 0.126 e. The largest absolute Gasteiger partial charge is 0.496 e. The minimum Gasteiger partial charge on any atom is -0.496 e. The van der Waals surface area contributed by atoms with E-state index in [1.807, 2.05) is 0 Å². The Labute approximate surface area is 126 Å². The van der Waals surface area contributed by atoms with Gasteiger partial charge in [-0.15, -0.1) is 0 Å². The lowest BCUT2D eigenvalue weighted by Gasteiger charge is -2.16. The fourth-order valence-corrected chi connectivity index (χ4v) is 2.84. The molecule has 0 heterocycles. The summed E-state index contributed by atoms with van der Waals surface area (Å²) in [6, 6.07) is 13.5. The molecule has 0 saturated heterocycles. The number of fused-ring (bicyclic) bond motifs is 1. The van der Waals surface area contributed by atoms with Gasteiger partial charge in [-0.2, -0.15) is 0 Å². The van der Waals surface area contributed by atoms with Gasteiger partial charge in [0.15, 0.2) is 0 Å². The molecule has 1 fully saturated rings. The second-order valence-corrected chi connectivity index (χ2v) is 5.86. The topological polar surface area (TPSA) is 24.5 Å². The number of ether oxygens (including phenoxy) is 1. The van der Waals surface area contributed by atoms with Gasteiger partial charge < -0.3 is 15.0 Å². The molecule has 0 spiro atoms. The van der Waals surface area contributed by atoms with Crippen LogP contribution in [0, 0.1) is 0 Å². The van der Waals surface area contributed by atoms with Crippen LogP contribution in [-0.4, -0.2) is 38.2 Å². The van der Waals surface area contributed by atoms with Crippen molar-refractivity contribution in [2.75, 3.05) is 27.2 Å². The first-order chi connectivity index (χ1) is 10.3. The molecule has 0 atom stereocenters. The predicted octanol–water partition coefficient (Wildman–Crippen LogP) is 3.03. The van der Waals surface area contributed by atoms with Gasteiger partial charge in [-0.1, -0.05) is 30.3 Å². The number of hydrogen-bond acceptors (Lipinski definition) is 3.